The van der Waals surface area contributed by atoms with E-state index in [-0.39, 0.29) is 17.7 Å². The van der Waals surface area contributed by atoms with Crippen LogP contribution in [0, 0.1) is 0 Å². The first-order valence-corrected chi connectivity index (χ1v) is 7.96. The summed E-state index contributed by atoms with van der Waals surface area (Å²) in [6.45, 7) is 4.20. The molecule has 0 aromatic rings. The Kier molecular flexibility index (Phi) is 18.1. The average Bonchev–Trinajstić information content (AvgIpc) is 2.37. The van der Waals surface area contributed by atoms with E-state index in [9.17, 15) is 9.59 Å². The first-order valence-electron chi connectivity index (χ1n) is 7.09. The van der Waals surface area contributed by atoms with Crippen LogP contribution in [0.1, 0.15) is 65.2 Å². The van der Waals surface area contributed by atoms with E-state index in [0.29, 0.717) is 6.61 Å². The van der Waals surface area contributed by atoms with Crippen molar-refractivity contribution in [2.75, 3.05) is 6.61 Å². The highest BCUT2D eigenvalue weighted by Crippen LogP contribution is 2.13. The summed E-state index contributed by atoms with van der Waals surface area (Å²) in [5.74, 6) is -1.43. The number of halogens is 2. The lowest BCUT2D eigenvalue weighted by Gasteiger charge is -1.99. The standard InChI is InChI=1S/C8H16Cl2.C6H10O4/c1-2-3-4-5-6-7-8(9)10;1-2-10-6(9)4-3-5(7)8/h8H,2-7H2,1H3;2-4H2,1H3,(H,7,8). The van der Waals surface area contributed by atoms with Crippen molar-refractivity contribution < 1.29 is 19.4 Å². The number of carbonyl (C=O) groups is 2. The minimum absolute atomic E-state index is 0.0385. The van der Waals surface area contributed by atoms with Crippen molar-refractivity contribution in [3.63, 3.8) is 0 Å². The molecular formula is C14H26Cl2O4. The molecule has 0 rings (SSSR count). The van der Waals surface area contributed by atoms with E-state index in [2.05, 4.69) is 11.7 Å². The quantitative estimate of drug-likeness (QED) is 0.362. The molecule has 1 N–H and O–H groups in total. The molecule has 20 heavy (non-hydrogen) atoms. The molecule has 0 aliphatic carbocycles. The summed E-state index contributed by atoms with van der Waals surface area (Å²) in [5.41, 5.74) is 0. The molecule has 0 aliphatic heterocycles. The lowest BCUT2D eigenvalue weighted by molar-refractivity contribution is -0.147. The molecule has 0 aromatic heterocycles. The summed E-state index contributed by atoms with van der Waals surface area (Å²) in [5, 5.41) is 8.12. The molecule has 120 valence electrons. The molecule has 0 saturated heterocycles. The van der Waals surface area contributed by atoms with E-state index in [4.69, 9.17) is 28.3 Å². The van der Waals surface area contributed by atoms with Gasteiger partial charge in [0.2, 0.25) is 0 Å². The van der Waals surface area contributed by atoms with Gasteiger partial charge >= 0.3 is 11.9 Å². The van der Waals surface area contributed by atoms with E-state index < -0.39 is 11.9 Å². The average molecular weight is 329 g/mol. The van der Waals surface area contributed by atoms with E-state index in [0.717, 1.165) is 6.42 Å². The molecule has 0 fully saturated rings. The zero-order valence-corrected chi connectivity index (χ0v) is 13.9. The molecule has 0 spiro atoms. The minimum atomic E-state index is -0.979. The third kappa shape index (κ3) is 22.7. The van der Waals surface area contributed by atoms with Crippen molar-refractivity contribution in [3.05, 3.63) is 0 Å². The van der Waals surface area contributed by atoms with Crippen LogP contribution in [0.15, 0.2) is 0 Å². The van der Waals surface area contributed by atoms with Crippen LogP contribution in [0.25, 0.3) is 0 Å². The van der Waals surface area contributed by atoms with Gasteiger partial charge in [-0.15, -0.1) is 23.2 Å². The molecule has 0 radical (unpaired) electrons. The zero-order valence-electron chi connectivity index (χ0n) is 12.4. The Bertz CT molecular complexity index is 245. The van der Waals surface area contributed by atoms with E-state index >= 15 is 0 Å². The minimum Gasteiger partial charge on any atom is -0.481 e. The number of aliphatic carboxylic acids is 1. The second-order valence-corrected chi connectivity index (χ2v) is 5.57. The fourth-order valence-electron chi connectivity index (χ4n) is 1.34. The Hall–Kier alpha value is -0.480. The predicted molar refractivity (Wildman–Crippen MR) is 82.4 cm³/mol. The summed E-state index contributed by atoms with van der Waals surface area (Å²) >= 11 is 11.1. The van der Waals surface area contributed by atoms with Crippen LogP contribution in [0.5, 0.6) is 0 Å². The van der Waals surface area contributed by atoms with Crippen LogP contribution in [-0.2, 0) is 14.3 Å². The van der Waals surface area contributed by atoms with Gasteiger partial charge in [0.1, 0.15) is 4.84 Å². The van der Waals surface area contributed by atoms with Crippen LogP contribution < -0.4 is 0 Å². The number of alkyl halides is 2. The molecule has 0 aliphatic rings. The molecule has 4 nitrogen and oxygen atoms in total. The number of rotatable bonds is 10. The molecule has 0 amide bonds. The summed E-state index contributed by atoms with van der Waals surface area (Å²) in [7, 11) is 0. The number of carboxylic acids is 1. The summed E-state index contributed by atoms with van der Waals surface area (Å²) in [6, 6.07) is 0. The van der Waals surface area contributed by atoms with Crippen LogP contribution in [0.2, 0.25) is 0 Å². The van der Waals surface area contributed by atoms with Gasteiger partial charge in [-0.1, -0.05) is 39.0 Å². The predicted octanol–water partition coefficient (Wildman–Crippen LogP) is 4.56. The maximum Gasteiger partial charge on any atom is 0.306 e. The van der Waals surface area contributed by atoms with Crippen LogP contribution in [0.4, 0.5) is 0 Å². The molecule has 0 saturated carbocycles. The third-order valence-corrected chi connectivity index (χ3v) is 2.81. The monoisotopic (exact) mass is 328 g/mol. The van der Waals surface area contributed by atoms with Crippen LogP contribution in [0.3, 0.4) is 0 Å². The van der Waals surface area contributed by atoms with Crippen molar-refractivity contribution >= 4 is 35.1 Å². The number of hydrogen-bond donors (Lipinski definition) is 1. The summed E-state index contributed by atoms with van der Waals surface area (Å²) in [6.07, 6.45) is 7.19. The molecule has 0 heterocycles. The van der Waals surface area contributed by atoms with E-state index in [1.807, 2.05) is 0 Å². The summed E-state index contributed by atoms with van der Waals surface area (Å²) < 4.78 is 4.49. The van der Waals surface area contributed by atoms with Crippen molar-refractivity contribution in [2.45, 2.75) is 70.1 Å². The number of ether oxygens (including phenoxy) is 1. The Morgan fingerprint density at radius 1 is 1.05 bits per heavy atom. The Morgan fingerprint density at radius 3 is 2.10 bits per heavy atom. The maximum atomic E-state index is 10.5. The van der Waals surface area contributed by atoms with Gasteiger partial charge in [-0.3, -0.25) is 9.59 Å². The van der Waals surface area contributed by atoms with Crippen molar-refractivity contribution in [1.29, 1.82) is 0 Å². The Balaban J connectivity index is 0. The lowest BCUT2D eigenvalue weighted by Crippen LogP contribution is -2.06. The molecular weight excluding hydrogens is 303 g/mol. The van der Waals surface area contributed by atoms with Gasteiger partial charge in [-0.2, -0.15) is 0 Å². The van der Waals surface area contributed by atoms with Crippen molar-refractivity contribution in [1.82, 2.24) is 0 Å². The SMILES string of the molecule is CCCCCCCC(Cl)Cl.CCOC(=O)CCC(=O)O. The van der Waals surface area contributed by atoms with Gasteiger partial charge in [0.15, 0.2) is 0 Å². The molecule has 0 aromatic carbocycles. The van der Waals surface area contributed by atoms with Gasteiger partial charge in [-0.05, 0) is 13.3 Å². The molecule has 6 heteroatoms. The first kappa shape index (κ1) is 21.8. The van der Waals surface area contributed by atoms with Gasteiger partial charge in [0.05, 0.1) is 19.4 Å². The maximum absolute atomic E-state index is 10.5. The van der Waals surface area contributed by atoms with Crippen molar-refractivity contribution in [2.24, 2.45) is 0 Å². The largest absolute Gasteiger partial charge is 0.481 e. The Morgan fingerprint density at radius 2 is 1.65 bits per heavy atom. The number of unbranched alkanes of at least 4 members (excludes halogenated alkanes) is 4. The number of carboxylic acid groups (broad SMARTS) is 1. The molecule has 0 unspecified atom stereocenters. The number of esters is 1. The highest BCUT2D eigenvalue weighted by Gasteiger charge is 2.04. The lowest BCUT2D eigenvalue weighted by atomic mass is 10.1. The zero-order chi connectivity index (χ0) is 15.8. The fraction of sp³-hybridized carbons (Fsp3) is 0.857. The summed E-state index contributed by atoms with van der Waals surface area (Å²) in [4.78, 5) is 20.2. The fourth-order valence-corrected chi connectivity index (χ4v) is 1.65. The highest BCUT2D eigenvalue weighted by molar-refractivity contribution is 6.44. The number of hydrogen-bond acceptors (Lipinski definition) is 3. The number of carbonyl (C=O) groups excluding carboxylic acids is 1. The van der Waals surface area contributed by atoms with E-state index in [1.165, 1.54) is 32.1 Å². The smallest absolute Gasteiger partial charge is 0.306 e. The normalized spacial score (nSPS) is 9.85. The third-order valence-electron chi connectivity index (χ3n) is 2.37. The van der Waals surface area contributed by atoms with E-state index in [1.54, 1.807) is 6.92 Å². The van der Waals surface area contributed by atoms with Crippen LogP contribution >= 0.6 is 23.2 Å². The van der Waals surface area contributed by atoms with Gasteiger partial charge in [-0.25, -0.2) is 0 Å². The van der Waals surface area contributed by atoms with Gasteiger partial charge < -0.3 is 9.84 Å². The van der Waals surface area contributed by atoms with Gasteiger partial charge in [0, 0.05) is 0 Å². The second-order valence-electron chi connectivity index (χ2n) is 4.29. The first-order chi connectivity index (χ1) is 9.43. The van der Waals surface area contributed by atoms with Crippen LogP contribution in [-0.4, -0.2) is 28.5 Å². The topological polar surface area (TPSA) is 63.6 Å². The second kappa shape index (κ2) is 16.6. The molecule has 0 bridgehead atoms. The molecule has 0 atom stereocenters. The van der Waals surface area contributed by atoms with Gasteiger partial charge in [0.25, 0.3) is 0 Å². The van der Waals surface area contributed by atoms with Crippen molar-refractivity contribution in [3.8, 4) is 0 Å². The Labute approximate surface area is 131 Å². The highest BCUT2D eigenvalue weighted by atomic mass is 35.5.